The van der Waals surface area contributed by atoms with E-state index in [-0.39, 0.29) is 18.4 Å². The van der Waals surface area contributed by atoms with Crippen LogP contribution < -0.4 is 5.32 Å². The fourth-order valence-electron chi connectivity index (χ4n) is 4.05. The van der Waals surface area contributed by atoms with Crippen LogP contribution in [0.2, 0.25) is 0 Å². The minimum absolute atomic E-state index is 0.180. The number of aromatic nitrogens is 1. The Bertz CT molecular complexity index is 957. The summed E-state index contributed by atoms with van der Waals surface area (Å²) in [5.41, 5.74) is 3.07. The number of benzene rings is 1. The van der Waals surface area contributed by atoms with Gasteiger partial charge in [-0.15, -0.1) is 0 Å². The molecule has 3 rings (SSSR count). The van der Waals surface area contributed by atoms with Crippen molar-refractivity contribution >= 4 is 28.7 Å². The van der Waals surface area contributed by atoms with E-state index in [0.717, 1.165) is 48.0 Å². The zero-order valence-corrected chi connectivity index (χ0v) is 18.4. The number of carbonyl (C=O) groups excluding carboxylic acids is 3. The maximum atomic E-state index is 13.0. The number of nitrogens with zero attached hydrogens (tertiary/aromatic N) is 2. The number of carbonyl (C=O) groups is 3. The lowest BCUT2D eigenvalue weighted by atomic mass is 9.96. The Balaban J connectivity index is 1.60. The third-order valence-electron chi connectivity index (χ3n) is 5.56. The van der Waals surface area contributed by atoms with Crippen LogP contribution in [0.15, 0.2) is 24.3 Å². The number of likely N-dealkylation sites (tertiary alicyclic amines) is 1. The Morgan fingerprint density at radius 3 is 2.74 bits per heavy atom. The summed E-state index contributed by atoms with van der Waals surface area (Å²) in [5, 5.41) is 3.51. The van der Waals surface area contributed by atoms with Gasteiger partial charge in [-0.3, -0.25) is 14.6 Å². The molecule has 2 amide bonds. The van der Waals surface area contributed by atoms with Crippen molar-refractivity contribution < 1.29 is 19.1 Å². The molecule has 1 aliphatic rings. The van der Waals surface area contributed by atoms with E-state index in [2.05, 4.69) is 12.2 Å². The fourth-order valence-corrected chi connectivity index (χ4v) is 4.05. The number of rotatable bonds is 10. The first-order valence-corrected chi connectivity index (χ1v) is 11.2. The van der Waals surface area contributed by atoms with Crippen molar-refractivity contribution in [2.24, 2.45) is 0 Å². The minimum atomic E-state index is -0.495. The number of aryl methyl sites for hydroxylation is 1. The Kier molecular flexibility index (Phi) is 7.98. The van der Waals surface area contributed by atoms with Gasteiger partial charge in [0.15, 0.2) is 6.61 Å². The summed E-state index contributed by atoms with van der Waals surface area (Å²) in [7, 11) is 0. The second-order valence-corrected chi connectivity index (χ2v) is 7.80. The highest BCUT2D eigenvalue weighted by molar-refractivity contribution is 6.05. The molecule has 7 nitrogen and oxygen atoms in total. The number of fused-ring (bicyclic) bond motifs is 1. The standard InChI is InChI=1S/C24H31N3O4/c1-3-9-19-17(4-2)23(18-10-5-6-11-20(18)26-19)24(30)31-16-21(28)25-13-8-15-27-14-7-12-22(27)29/h5-6,10-11H,3-4,7-9,12-16H2,1-2H3,(H,25,28). The number of hydrogen-bond acceptors (Lipinski definition) is 5. The largest absolute Gasteiger partial charge is 0.452 e. The monoisotopic (exact) mass is 425 g/mol. The van der Waals surface area contributed by atoms with Crippen LogP contribution in [-0.4, -0.2) is 53.9 Å². The molecule has 0 atom stereocenters. The van der Waals surface area contributed by atoms with Gasteiger partial charge >= 0.3 is 5.97 Å². The Morgan fingerprint density at radius 1 is 1.23 bits per heavy atom. The van der Waals surface area contributed by atoms with E-state index in [0.29, 0.717) is 37.9 Å². The van der Waals surface area contributed by atoms with Gasteiger partial charge in [0, 0.05) is 37.1 Å². The molecule has 1 N–H and O–H groups in total. The van der Waals surface area contributed by atoms with Crippen LogP contribution >= 0.6 is 0 Å². The fraction of sp³-hybridized carbons (Fsp3) is 0.500. The highest BCUT2D eigenvalue weighted by Crippen LogP contribution is 2.26. The maximum absolute atomic E-state index is 13.0. The number of pyridine rings is 1. The Hall–Kier alpha value is -2.96. The molecule has 0 aliphatic carbocycles. The van der Waals surface area contributed by atoms with Crippen LogP contribution in [-0.2, 0) is 27.2 Å². The van der Waals surface area contributed by atoms with Crippen molar-refractivity contribution in [1.82, 2.24) is 15.2 Å². The first-order chi connectivity index (χ1) is 15.0. The lowest BCUT2D eigenvalue weighted by Gasteiger charge is -2.16. The number of hydrogen-bond donors (Lipinski definition) is 1. The average Bonchev–Trinajstić information content (AvgIpc) is 3.18. The molecule has 166 valence electrons. The van der Waals surface area contributed by atoms with E-state index in [1.54, 1.807) is 0 Å². The van der Waals surface area contributed by atoms with Crippen molar-refractivity contribution in [3.05, 3.63) is 41.1 Å². The van der Waals surface area contributed by atoms with Crippen molar-refractivity contribution in [3.8, 4) is 0 Å². The molecule has 2 heterocycles. The molecule has 1 fully saturated rings. The lowest BCUT2D eigenvalue weighted by Crippen LogP contribution is -2.33. The summed E-state index contributed by atoms with van der Waals surface area (Å²) < 4.78 is 5.38. The second-order valence-electron chi connectivity index (χ2n) is 7.80. The number of ether oxygens (including phenoxy) is 1. The quantitative estimate of drug-likeness (QED) is 0.467. The molecular weight excluding hydrogens is 394 g/mol. The minimum Gasteiger partial charge on any atom is -0.452 e. The average molecular weight is 426 g/mol. The summed E-state index contributed by atoms with van der Waals surface area (Å²) >= 11 is 0. The van der Waals surface area contributed by atoms with E-state index in [1.807, 2.05) is 36.1 Å². The molecule has 1 aromatic heterocycles. The van der Waals surface area contributed by atoms with Gasteiger partial charge in [0.05, 0.1) is 11.1 Å². The number of nitrogens with one attached hydrogen (secondary N) is 1. The van der Waals surface area contributed by atoms with Crippen LogP contribution in [0.25, 0.3) is 10.9 Å². The zero-order valence-electron chi connectivity index (χ0n) is 18.4. The molecule has 0 saturated carbocycles. The number of esters is 1. The van der Waals surface area contributed by atoms with E-state index in [4.69, 9.17) is 9.72 Å². The molecule has 1 aromatic carbocycles. The highest BCUT2D eigenvalue weighted by Gasteiger charge is 2.22. The van der Waals surface area contributed by atoms with Crippen LogP contribution in [0.1, 0.15) is 61.1 Å². The van der Waals surface area contributed by atoms with E-state index < -0.39 is 5.97 Å². The molecule has 0 spiro atoms. The Morgan fingerprint density at radius 2 is 2.03 bits per heavy atom. The lowest BCUT2D eigenvalue weighted by molar-refractivity contribution is -0.127. The summed E-state index contributed by atoms with van der Waals surface area (Å²) in [4.78, 5) is 43.3. The van der Waals surface area contributed by atoms with Gasteiger partial charge in [-0.2, -0.15) is 0 Å². The van der Waals surface area contributed by atoms with Crippen molar-refractivity contribution in [3.63, 3.8) is 0 Å². The zero-order chi connectivity index (χ0) is 22.2. The maximum Gasteiger partial charge on any atom is 0.339 e. The number of amides is 2. The predicted octanol–water partition coefficient (Wildman–Crippen LogP) is 3.04. The van der Waals surface area contributed by atoms with Gasteiger partial charge in [0.1, 0.15) is 0 Å². The topological polar surface area (TPSA) is 88.6 Å². The first kappa shape index (κ1) is 22.7. The molecule has 2 aromatic rings. The molecule has 0 unspecified atom stereocenters. The van der Waals surface area contributed by atoms with Crippen LogP contribution in [0, 0.1) is 0 Å². The van der Waals surface area contributed by atoms with Crippen molar-refractivity contribution in [2.75, 3.05) is 26.2 Å². The summed E-state index contributed by atoms with van der Waals surface area (Å²) in [6, 6.07) is 7.53. The summed E-state index contributed by atoms with van der Waals surface area (Å²) in [6.07, 6.45) is 4.59. The summed E-state index contributed by atoms with van der Waals surface area (Å²) in [6.45, 7) is 5.63. The van der Waals surface area contributed by atoms with Crippen molar-refractivity contribution in [2.45, 2.75) is 52.4 Å². The third kappa shape index (κ3) is 5.60. The smallest absolute Gasteiger partial charge is 0.339 e. The van der Waals surface area contributed by atoms with Crippen LogP contribution in [0.5, 0.6) is 0 Å². The summed E-state index contributed by atoms with van der Waals surface area (Å²) in [5.74, 6) is -0.657. The number of para-hydroxylation sites is 1. The van der Waals surface area contributed by atoms with Gasteiger partial charge in [0.2, 0.25) is 5.91 Å². The van der Waals surface area contributed by atoms with Crippen LogP contribution in [0.4, 0.5) is 0 Å². The second kappa shape index (κ2) is 10.9. The molecule has 31 heavy (non-hydrogen) atoms. The van der Waals surface area contributed by atoms with Gasteiger partial charge in [-0.05, 0) is 37.3 Å². The van der Waals surface area contributed by atoms with Crippen LogP contribution in [0.3, 0.4) is 0 Å². The first-order valence-electron chi connectivity index (χ1n) is 11.2. The normalized spacial score (nSPS) is 13.6. The van der Waals surface area contributed by atoms with Gasteiger partial charge in [-0.25, -0.2) is 4.79 Å². The molecule has 1 saturated heterocycles. The molecular formula is C24H31N3O4. The van der Waals surface area contributed by atoms with E-state index in [9.17, 15) is 14.4 Å². The van der Waals surface area contributed by atoms with Crippen molar-refractivity contribution in [1.29, 1.82) is 0 Å². The van der Waals surface area contributed by atoms with Gasteiger partial charge < -0.3 is 15.0 Å². The van der Waals surface area contributed by atoms with Gasteiger partial charge in [-0.1, -0.05) is 38.5 Å². The highest BCUT2D eigenvalue weighted by atomic mass is 16.5. The molecule has 0 radical (unpaired) electrons. The SMILES string of the molecule is CCCc1nc2ccccc2c(C(=O)OCC(=O)NCCCN2CCCC2=O)c1CC. The predicted molar refractivity (Wildman–Crippen MR) is 119 cm³/mol. The molecule has 7 heteroatoms. The third-order valence-corrected chi connectivity index (χ3v) is 5.56. The van der Waals surface area contributed by atoms with E-state index >= 15 is 0 Å². The van der Waals surface area contributed by atoms with E-state index in [1.165, 1.54) is 0 Å². The molecule has 0 bridgehead atoms. The Labute approximate surface area is 183 Å². The van der Waals surface area contributed by atoms with Gasteiger partial charge in [0.25, 0.3) is 5.91 Å². The molecule has 1 aliphatic heterocycles.